The maximum Gasteiger partial charge on any atom is 0.326 e. The first kappa shape index (κ1) is 18.2. The number of amides is 2. The number of aromatic nitrogens is 2. The van der Waals surface area contributed by atoms with E-state index in [4.69, 9.17) is 27.7 Å². The van der Waals surface area contributed by atoms with Gasteiger partial charge in [0.2, 0.25) is 5.27 Å². The molecule has 0 aliphatic heterocycles. The Hall–Kier alpha value is -2.57. The zero-order valence-corrected chi connectivity index (χ0v) is 15.5. The molecule has 3 aromatic rings. The van der Waals surface area contributed by atoms with Crippen molar-refractivity contribution < 1.29 is 14.0 Å². The molecule has 1 aromatic heterocycles. The smallest absolute Gasteiger partial charge is 0.308 e. The molecule has 2 amide bonds. The van der Waals surface area contributed by atoms with Gasteiger partial charge in [-0.3, -0.25) is 9.84 Å². The normalized spacial score (nSPS) is 11.8. The Kier molecular flexibility index (Phi) is 5.75. The lowest BCUT2D eigenvalue weighted by molar-refractivity contribution is -0.782. The van der Waals surface area contributed by atoms with Gasteiger partial charge in [-0.15, -0.1) is 0 Å². The number of hydrogen-bond acceptors (Lipinski definition) is 3. The fourth-order valence-corrected chi connectivity index (χ4v) is 2.72. The number of benzene rings is 2. The number of nitrogens with one attached hydrogen (secondary N) is 2. The van der Waals surface area contributed by atoms with E-state index >= 15 is 0 Å². The average Bonchev–Trinajstić information content (AvgIpc) is 3.07. The van der Waals surface area contributed by atoms with Gasteiger partial charge in [0.25, 0.3) is 6.20 Å². The summed E-state index contributed by atoms with van der Waals surface area (Å²) in [5.74, 6) is 0.238. The number of nitrogens with zero attached hydrogens (tertiary/aromatic N) is 2. The topological polar surface area (TPSA) is 71.0 Å². The Balaban J connectivity index is 1.58. The predicted octanol–water partition coefficient (Wildman–Crippen LogP) is 4.72. The van der Waals surface area contributed by atoms with Crippen molar-refractivity contribution in [3.8, 4) is 0 Å². The minimum atomic E-state index is -0.470. The van der Waals surface area contributed by atoms with Crippen LogP contribution in [-0.2, 0) is 6.42 Å². The molecule has 0 fully saturated rings. The highest BCUT2D eigenvalue weighted by Crippen LogP contribution is 2.25. The molecule has 8 heteroatoms. The van der Waals surface area contributed by atoms with Crippen LogP contribution in [0.3, 0.4) is 0 Å². The molecule has 0 saturated heterocycles. The van der Waals surface area contributed by atoms with E-state index in [1.165, 1.54) is 5.56 Å². The van der Waals surface area contributed by atoms with Gasteiger partial charge in [0.05, 0.1) is 10.0 Å². The monoisotopic (exact) mass is 391 g/mol. The zero-order chi connectivity index (χ0) is 18.5. The lowest BCUT2D eigenvalue weighted by Crippen LogP contribution is -2.40. The fraction of sp³-hybridized carbons (Fsp3) is 0.167. The molecule has 26 heavy (non-hydrogen) atoms. The number of anilines is 2. The summed E-state index contributed by atoms with van der Waals surface area (Å²) in [6.07, 6.45) is 2.44. The second kappa shape index (κ2) is 8.21. The van der Waals surface area contributed by atoms with Crippen LogP contribution < -0.4 is 15.3 Å². The molecule has 0 aliphatic carbocycles. The molecule has 0 spiro atoms. The summed E-state index contributed by atoms with van der Waals surface area (Å²) in [6, 6.07) is 14.5. The number of urea groups is 1. The van der Waals surface area contributed by atoms with Crippen molar-refractivity contribution in [1.29, 1.82) is 0 Å². The first-order chi connectivity index (χ1) is 12.5. The van der Waals surface area contributed by atoms with Crippen molar-refractivity contribution in [1.82, 2.24) is 5.27 Å². The van der Waals surface area contributed by atoms with Crippen LogP contribution in [0.15, 0.2) is 59.3 Å². The van der Waals surface area contributed by atoms with Crippen LogP contribution >= 0.6 is 23.2 Å². The molecular weight excluding hydrogens is 375 g/mol. The lowest BCUT2D eigenvalue weighted by Gasteiger charge is -2.05. The number of halogens is 2. The average molecular weight is 392 g/mol. The first-order valence-corrected chi connectivity index (χ1v) is 8.72. The van der Waals surface area contributed by atoms with Crippen LogP contribution in [0, 0.1) is 0 Å². The van der Waals surface area contributed by atoms with E-state index in [2.05, 4.69) is 28.0 Å². The zero-order valence-electron chi connectivity index (χ0n) is 13.9. The Labute approximate surface area is 160 Å². The van der Waals surface area contributed by atoms with E-state index in [1.54, 1.807) is 29.1 Å². The van der Waals surface area contributed by atoms with Gasteiger partial charge in [0.1, 0.15) is 0 Å². The van der Waals surface area contributed by atoms with Gasteiger partial charge in [-0.05, 0) is 28.4 Å². The molecule has 134 valence electrons. The molecule has 0 bridgehead atoms. The number of carbonyl (C=O) groups is 1. The van der Waals surface area contributed by atoms with E-state index in [0.29, 0.717) is 15.7 Å². The SMILES string of the molecule is CC(Cc1ccccc1)[n+]1cc(NC(=O)Nc2ccc(Cl)c(Cl)c2)on1. The molecule has 6 nitrogen and oxygen atoms in total. The standard InChI is InChI=1S/C18H16Cl2N4O2/c1-12(9-13-5-3-2-4-6-13)24-11-17(26-23-24)22-18(25)21-14-7-8-15(19)16(20)10-14/h2-8,10-12H,9H2,1H3,(H-,21,22,23,25)/p+1. The second-order valence-corrected chi connectivity index (χ2v) is 6.61. The van der Waals surface area contributed by atoms with Crippen molar-refractivity contribution in [2.75, 3.05) is 10.6 Å². The van der Waals surface area contributed by atoms with E-state index in [-0.39, 0.29) is 11.9 Å². The third-order valence-electron chi connectivity index (χ3n) is 3.72. The summed E-state index contributed by atoms with van der Waals surface area (Å²) in [5.41, 5.74) is 1.71. The van der Waals surface area contributed by atoms with Crippen LogP contribution in [0.25, 0.3) is 0 Å². The fourth-order valence-electron chi connectivity index (χ4n) is 2.42. The molecule has 1 atom stereocenters. The molecule has 0 aliphatic rings. The van der Waals surface area contributed by atoms with Crippen LogP contribution in [0.5, 0.6) is 0 Å². The largest absolute Gasteiger partial charge is 0.326 e. The molecule has 2 aromatic carbocycles. The van der Waals surface area contributed by atoms with Crippen molar-refractivity contribution in [3.05, 3.63) is 70.3 Å². The maximum absolute atomic E-state index is 12.1. The van der Waals surface area contributed by atoms with Crippen LogP contribution in [0.1, 0.15) is 18.5 Å². The molecule has 2 N–H and O–H groups in total. The van der Waals surface area contributed by atoms with Gasteiger partial charge in [-0.25, -0.2) is 4.79 Å². The van der Waals surface area contributed by atoms with Crippen molar-refractivity contribution >= 4 is 40.8 Å². The van der Waals surface area contributed by atoms with Gasteiger partial charge < -0.3 is 5.32 Å². The number of rotatable bonds is 5. The first-order valence-electron chi connectivity index (χ1n) is 7.96. The molecule has 0 saturated carbocycles. The van der Waals surface area contributed by atoms with E-state index < -0.39 is 6.03 Å². The highest BCUT2D eigenvalue weighted by molar-refractivity contribution is 6.42. The van der Waals surface area contributed by atoms with Crippen LogP contribution in [-0.4, -0.2) is 11.3 Å². The quantitative estimate of drug-likeness (QED) is 0.618. The molecule has 0 radical (unpaired) electrons. The van der Waals surface area contributed by atoms with Gasteiger partial charge in [-0.2, -0.15) is 0 Å². The van der Waals surface area contributed by atoms with Gasteiger partial charge in [0, 0.05) is 19.0 Å². The summed E-state index contributed by atoms with van der Waals surface area (Å²) < 4.78 is 6.84. The van der Waals surface area contributed by atoms with Gasteiger partial charge >= 0.3 is 11.9 Å². The van der Waals surface area contributed by atoms with Crippen LogP contribution in [0.2, 0.25) is 10.0 Å². The minimum Gasteiger partial charge on any atom is -0.308 e. The Morgan fingerprint density at radius 3 is 2.65 bits per heavy atom. The molecular formula is C18H17Cl2N4O2+. The Morgan fingerprint density at radius 2 is 1.92 bits per heavy atom. The highest BCUT2D eigenvalue weighted by Gasteiger charge is 2.21. The molecule has 1 unspecified atom stereocenters. The van der Waals surface area contributed by atoms with Gasteiger partial charge in [-0.1, -0.05) is 53.5 Å². The van der Waals surface area contributed by atoms with E-state index in [1.807, 2.05) is 25.1 Å². The minimum absolute atomic E-state index is 0.0785. The second-order valence-electron chi connectivity index (χ2n) is 5.79. The maximum atomic E-state index is 12.1. The van der Waals surface area contributed by atoms with Crippen molar-refractivity contribution in [3.63, 3.8) is 0 Å². The van der Waals surface area contributed by atoms with Crippen molar-refractivity contribution in [2.45, 2.75) is 19.4 Å². The van der Waals surface area contributed by atoms with E-state index in [9.17, 15) is 4.79 Å². The highest BCUT2D eigenvalue weighted by atomic mass is 35.5. The summed E-state index contributed by atoms with van der Waals surface area (Å²) >= 11 is 11.8. The molecule has 3 rings (SSSR count). The summed E-state index contributed by atoms with van der Waals surface area (Å²) in [7, 11) is 0. The Morgan fingerprint density at radius 1 is 1.15 bits per heavy atom. The van der Waals surface area contributed by atoms with Crippen LogP contribution in [0.4, 0.5) is 16.4 Å². The summed E-state index contributed by atoms with van der Waals surface area (Å²) in [6.45, 7) is 2.02. The lowest BCUT2D eigenvalue weighted by atomic mass is 10.1. The summed E-state index contributed by atoms with van der Waals surface area (Å²) in [5, 5.41) is 9.97. The number of hydrogen-bond donors (Lipinski definition) is 2. The Bertz CT molecular complexity index is 899. The van der Waals surface area contributed by atoms with E-state index in [0.717, 1.165) is 6.42 Å². The third-order valence-corrected chi connectivity index (χ3v) is 4.46. The summed E-state index contributed by atoms with van der Waals surface area (Å²) in [4.78, 5) is 12.1. The third kappa shape index (κ3) is 4.74. The molecule has 1 heterocycles. The number of carbonyl (C=O) groups excluding carboxylic acids is 1. The predicted molar refractivity (Wildman–Crippen MR) is 101 cm³/mol. The van der Waals surface area contributed by atoms with Crippen molar-refractivity contribution in [2.24, 2.45) is 0 Å². The van der Waals surface area contributed by atoms with Gasteiger partial charge in [0.15, 0.2) is 6.04 Å².